The normalized spacial score (nSPS) is 11.6. The van der Waals surface area contributed by atoms with Crippen LogP contribution in [0.4, 0.5) is 5.69 Å². The van der Waals surface area contributed by atoms with Crippen molar-refractivity contribution in [1.82, 2.24) is 0 Å². The van der Waals surface area contributed by atoms with E-state index in [2.05, 4.69) is 19.1 Å². The zero-order valence-corrected chi connectivity index (χ0v) is 12.2. The maximum absolute atomic E-state index is 11.7. The largest absolute Gasteiger partial charge is 0.320 e. The minimum absolute atomic E-state index is 0. The summed E-state index contributed by atoms with van der Waals surface area (Å²) in [7, 11) is 1.76. The van der Waals surface area contributed by atoms with Crippen LogP contribution in [0.2, 0.25) is 0 Å². The fraction of sp³-hybridized carbons (Fsp3) is 0.500. The lowest BCUT2D eigenvalue weighted by molar-refractivity contribution is -0.119. The third kappa shape index (κ3) is 4.67. The molecular weight excluding hydrogens is 248 g/mol. The monoisotopic (exact) mass is 270 g/mol. The minimum Gasteiger partial charge on any atom is -0.320 e. The molecule has 1 amide bonds. The number of likely N-dealkylation sites (N-methyl/N-ethyl adjacent to an activating group) is 1. The van der Waals surface area contributed by atoms with Gasteiger partial charge in [-0.15, -0.1) is 12.4 Å². The number of aryl methyl sites for hydroxylation is 1. The number of hydrogen-bond donors (Lipinski definition) is 1. The Balaban J connectivity index is 0.00000289. The van der Waals surface area contributed by atoms with Gasteiger partial charge in [-0.3, -0.25) is 4.79 Å². The Kier molecular flexibility index (Phi) is 7.64. The van der Waals surface area contributed by atoms with Crippen LogP contribution in [0, 0.1) is 0 Å². The van der Waals surface area contributed by atoms with E-state index in [0.29, 0.717) is 0 Å². The summed E-state index contributed by atoms with van der Waals surface area (Å²) in [6, 6.07) is 7.66. The highest BCUT2D eigenvalue weighted by Gasteiger charge is 2.14. The highest BCUT2D eigenvalue weighted by atomic mass is 35.5. The van der Waals surface area contributed by atoms with Crippen LogP contribution >= 0.6 is 12.4 Å². The van der Waals surface area contributed by atoms with Gasteiger partial charge in [-0.25, -0.2) is 0 Å². The number of halogens is 1. The van der Waals surface area contributed by atoms with Gasteiger partial charge in [0.25, 0.3) is 0 Å². The summed E-state index contributed by atoms with van der Waals surface area (Å²) in [6.07, 6.45) is 3.50. The van der Waals surface area contributed by atoms with E-state index >= 15 is 0 Å². The molecule has 1 rings (SSSR count). The molecule has 0 bridgehead atoms. The van der Waals surface area contributed by atoms with Crippen molar-refractivity contribution in [3.05, 3.63) is 29.8 Å². The minimum atomic E-state index is -0.459. The van der Waals surface area contributed by atoms with Crippen molar-refractivity contribution in [2.75, 3.05) is 11.9 Å². The smallest absolute Gasteiger partial charge is 0.243 e. The number of rotatable bonds is 5. The van der Waals surface area contributed by atoms with Crippen LogP contribution in [0.15, 0.2) is 24.3 Å². The Bertz CT molecular complexity index is 363. The van der Waals surface area contributed by atoms with Gasteiger partial charge in [0.2, 0.25) is 5.91 Å². The first-order valence-corrected chi connectivity index (χ1v) is 6.18. The molecule has 0 saturated carbocycles. The first-order valence-electron chi connectivity index (χ1n) is 6.18. The molecule has 0 aliphatic heterocycles. The number of benzene rings is 1. The summed E-state index contributed by atoms with van der Waals surface area (Å²) in [5.74, 6) is -0.0636. The van der Waals surface area contributed by atoms with Gasteiger partial charge in [0.05, 0.1) is 6.04 Å². The van der Waals surface area contributed by atoms with Crippen molar-refractivity contribution in [2.24, 2.45) is 5.73 Å². The third-order valence-corrected chi connectivity index (χ3v) is 2.86. The van der Waals surface area contributed by atoms with Crippen molar-refractivity contribution in [1.29, 1.82) is 0 Å². The van der Waals surface area contributed by atoms with Crippen molar-refractivity contribution >= 4 is 24.0 Å². The molecule has 1 aromatic carbocycles. The summed E-state index contributed by atoms with van der Waals surface area (Å²) in [6.45, 7) is 3.89. The average Bonchev–Trinajstić information content (AvgIpc) is 2.35. The summed E-state index contributed by atoms with van der Waals surface area (Å²) >= 11 is 0. The van der Waals surface area contributed by atoms with E-state index in [0.717, 1.165) is 12.1 Å². The molecule has 102 valence electrons. The summed E-state index contributed by atoms with van der Waals surface area (Å²) in [5, 5.41) is 0. The number of nitrogens with two attached hydrogens (primary N) is 1. The number of carbonyl (C=O) groups excluding carboxylic acids is 1. The fourth-order valence-electron chi connectivity index (χ4n) is 1.70. The molecule has 18 heavy (non-hydrogen) atoms. The van der Waals surface area contributed by atoms with Crippen molar-refractivity contribution < 1.29 is 4.79 Å². The van der Waals surface area contributed by atoms with Gasteiger partial charge in [-0.1, -0.05) is 25.5 Å². The third-order valence-electron chi connectivity index (χ3n) is 2.86. The number of carbonyl (C=O) groups is 1. The summed E-state index contributed by atoms with van der Waals surface area (Å²) in [4.78, 5) is 13.3. The molecule has 3 nitrogen and oxygen atoms in total. The number of hydrogen-bond acceptors (Lipinski definition) is 2. The fourth-order valence-corrected chi connectivity index (χ4v) is 1.70. The highest BCUT2D eigenvalue weighted by Crippen LogP contribution is 2.15. The van der Waals surface area contributed by atoms with Gasteiger partial charge in [0, 0.05) is 12.7 Å². The predicted octanol–water partition coefficient (Wildman–Crippen LogP) is 2.76. The van der Waals surface area contributed by atoms with Crippen LogP contribution in [0.1, 0.15) is 32.3 Å². The number of anilines is 1. The van der Waals surface area contributed by atoms with Gasteiger partial charge >= 0.3 is 0 Å². The van der Waals surface area contributed by atoms with Crippen molar-refractivity contribution in [2.45, 2.75) is 39.2 Å². The lowest BCUT2D eigenvalue weighted by Crippen LogP contribution is -2.39. The van der Waals surface area contributed by atoms with E-state index in [1.54, 1.807) is 18.9 Å². The zero-order valence-electron chi connectivity index (χ0n) is 11.3. The number of nitrogens with zero attached hydrogens (tertiary/aromatic N) is 1. The first-order chi connectivity index (χ1) is 8.06. The molecule has 0 spiro atoms. The predicted molar refractivity (Wildman–Crippen MR) is 79.4 cm³/mol. The molecular formula is C14H23ClN2O. The van der Waals surface area contributed by atoms with E-state index in [1.165, 1.54) is 18.4 Å². The lowest BCUT2D eigenvalue weighted by Gasteiger charge is -2.19. The molecule has 0 aliphatic rings. The molecule has 0 fully saturated rings. The Hall–Kier alpha value is -1.06. The van der Waals surface area contributed by atoms with Gasteiger partial charge < -0.3 is 10.6 Å². The van der Waals surface area contributed by atoms with Gasteiger partial charge in [0.15, 0.2) is 0 Å². The molecule has 0 saturated heterocycles. The van der Waals surface area contributed by atoms with Gasteiger partial charge in [-0.2, -0.15) is 0 Å². The molecule has 0 unspecified atom stereocenters. The van der Waals surface area contributed by atoms with Crippen LogP contribution < -0.4 is 10.6 Å². The van der Waals surface area contributed by atoms with E-state index in [9.17, 15) is 4.79 Å². The molecule has 1 atom stereocenters. The maximum atomic E-state index is 11.7. The molecule has 0 radical (unpaired) electrons. The topological polar surface area (TPSA) is 46.3 Å². The second-order valence-electron chi connectivity index (χ2n) is 4.46. The molecule has 0 heterocycles. The Morgan fingerprint density at radius 3 is 2.33 bits per heavy atom. The molecule has 2 N–H and O–H groups in total. The van der Waals surface area contributed by atoms with Crippen LogP contribution in [0.5, 0.6) is 0 Å². The van der Waals surface area contributed by atoms with Gasteiger partial charge in [-0.05, 0) is 37.5 Å². The van der Waals surface area contributed by atoms with E-state index < -0.39 is 6.04 Å². The maximum Gasteiger partial charge on any atom is 0.243 e. The Morgan fingerprint density at radius 2 is 1.89 bits per heavy atom. The van der Waals surface area contributed by atoms with Crippen LogP contribution in [-0.4, -0.2) is 19.0 Å². The van der Waals surface area contributed by atoms with Gasteiger partial charge in [0.1, 0.15) is 0 Å². The molecule has 4 heteroatoms. The lowest BCUT2D eigenvalue weighted by atomic mass is 10.1. The van der Waals surface area contributed by atoms with Crippen LogP contribution in [-0.2, 0) is 11.2 Å². The van der Waals surface area contributed by atoms with Crippen molar-refractivity contribution in [3.8, 4) is 0 Å². The second-order valence-corrected chi connectivity index (χ2v) is 4.46. The van der Waals surface area contributed by atoms with Crippen molar-refractivity contribution in [3.63, 3.8) is 0 Å². The number of amides is 1. The summed E-state index contributed by atoms with van der Waals surface area (Å²) in [5.41, 5.74) is 7.79. The molecule has 0 aliphatic carbocycles. The standard InChI is InChI=1S/C14H22N2O.ClH/c1-4-5-6-12-7-9-13(10-8-12)16(3)14(17)11(2)15;/h7-11H,4-6,15H2,1-3H3;1H/t11-;/m0./s1. The summed E-state index contributed by atoms with van der Waals surface area (Å²) < 4.78 is 0. The Labute approximate surface area is 116 Å². The Morgan fingerprint density at radius 1 is 1.33 bits per heavy atom. The SMILES string of the molecule is CCCCc1ccc(N(C)C(=O)[C@H](C)N)cc1.Cl. The van der Waals surface area contributed by atoms with E-state index in [-0.39, 0.29) is 18.3 Å². The van der Waals surface area contributed by atoms with E-state index in [1.807, 2.05) is 12.1 Å². The average molecular weight is 271 g/mol. The van der Waals surface area contributed by atoms with Crippen LogP contribution in [0.3, 0.4) is 0 Å². The second kappa shape index (κ2) is 8.11. The zero-order chi connectivity index (χ0) is 12.8. The van der Waals surface area contributed by atoms with E-state index in [4.69, 9.17) is 5.73 Å². The quantitative estimate of drug-likeness (QED) is 0.894. The number of unbranched alkanes of at least 4 members (excludes halogenated alkanes) is 1. The first kappa shape index (κ1) is 16.9. The molecule has 0 aromatic heterocycles. The molecule has 1 aromatic rings. The highest BCUT2D eigenvalue weighted by molar-refractivity contribution is 5.96. The van der Waals surface area contributed by atoms with Crippen LogP contribution in [0.25, 0.3) is 0 Å².